The molecule has 3 aliphatic heterocycles. The second kappa shape index (κ2) is 8.61. The third-order valence-electron chi connectivity index (χ3n) is 7.49. The van der Waals surface area contributed by atoms with Crippen LogP contribution in [0.15, 0.2) is 18.2 Å². The minimum Gasteiger partial charge on any atom is -0.369 e. The highest BCUT2D eigenvalue weighted by Gasteiger charge is 2.39. The van der Waals surface area contributed by atoms with Gasteiger partial charge in [-0.1, -0.05) is 25.3 Å². The molecule has 1 atom stereocenters. The number of amides is 3. The normalized spacial score (nSPS) is 25.7. The zero-order valence-electron chi connectivity index (χ0n) is 18.1. The van der Waals surface area contributed by atoms with Crippen LogP contribution in [0.25, 0.3) is 0 Å². The molecular formula is C24H32N4O3. The lowest BCUT2D eigenvalue weighted by Crippen LogP contribution is -2.52. The molecule has 5 rings (SSSR count). The summed E-state index contributed by atoms with van der Waals surface area (Å²) in [5, 5.41) is 2.37. The first-order valence-corrected chi connectivity index (χ1v) is 11.8. The second-order valence-electron chi connectivity index (χ2n) is 9.53. The maximum absolute atomic E-state index is 13.1. The lowest BCUT2D eigenvalue weighted by Gasteiger charge is -2.38. The Morgan fingerprint density at radius 3 is 2.45 bits per heavy atom. The highest BCUT2D eigenvalue weighted by molar-refractivity contribution is 6.05. The molecule has 4 aliphatic rings. The van der Waals surface area contributed by atoms with Gasteiger partial charge in [-0.3, -0.25) is 24.6 Å². The van der Waals surface area contributed by atoms with E-state index in [1.807, 2.05) is 12.1 Å². The van der Waals surface area contributed by atoms with Gasteiger partial charge in [-0.05, 0) is 42.9 Å². The van der Waals surface area contributed by atoms with Crippen LogP contribution in [0.2, 0.25) is 0 Å². The van der Waals surface area contributed by atoms with Crippen molar-refractivity contribution in [3.63, 3.8) is 0 Å². The third kappa shape index (κ3) is 4.20. The number of piperazine rings is 1. The summed E-state index contributed by atoms with van der Waals surface area (Å²) in [5.41, 5.74) is 2.76. The van der Waals surface area contributed by atoms with Gasteiger partial charge in [-0.2, -0.15) is 0 Å². The van der Waals surface area contributed by atoms with Crippen LogP contribution >= 0.6 is 0 Å². The fourth-order valence-electron chi connectivity index (χ4n) is 5.66. The van der Waals surface area contributed by atoms with E-state index in [-0.39, 0.29) is 24.1 Å². The Hall–Kier alpha value is -2.41. The molecule has 1 aromatic rings. The number of carbonyl (C=O) groups excluding carboxylic acids is 3. The molecule has 0 spiro atoms. The molecule has 0 aromatic heterocycles. The van der Waals surface area contributed by atoms with Crippen LogP contribution in [0.3, 0.4) is 0 Å². The number of carbonyl (C=O) groups is 3. The van der Waals surface area contributed by atoms with Crippen molar-refractivity contribution in [1.82, 2.24) is 15.1 Å². The van der Waals surface area contributed by atoms with Crippen molar-refractivity contribution < 1.29 is 14.4 Å². The zero-order valence-corrected chi connectivity index (χ0v) is 18.1. The zero-order chi connectivity index (χ0) is 21.4. The molecule has 3 fully saturated rings. The van der Waals surface area contributed by atoms with Gasteiger partial charge in [0.2, 0.25) is 11.8 Å². The fraction of sp³-hybridized carbons (Fsp3) is 0.625. The summed E-state index contributed by atoms with van der Waals surface area (Å²) < 4.78 is 0. The molecule has 7 heteroatoms. The first-order valence-electron chi connectivity index (χ1n) is 11.8. The predicted octanol–water partition coefficient (Wildman–Crippen LogP) is 2.15. The van der Waals surface area contributed by atoms with E-state index >= 15 is 0 Å². The van der Waals surface area contributed by atoms with Gasteiger partial charge in [0.1, 0.15) is 6.04 Å². The lowest BCUT2D eigenvalue weighted by molar-refractivity contribution is -0.136. The molecule has 3 heterocycles. The van der Waals surface area contributed by atoms with Crippen molar-refractivity contribution in [1.29, 1.82) is 0 Å². The van der Waals surface area contributed by atoms with E-state index in [1.54, 1.807) is 4.90 Å². The largest absolute Gasteiger partial charge is 0.369 e. The van der Waals surface area contributed by atoms with E-state index < -0.39 is 6.04 Å². The number of piperidine rings is 1. The predicted molar refractivity (Wildman–Crippen MR) is 118 cm³/mol. The number of imide groups is 1. The van der Waals surface area contributed by atoms with Crippen LogP contribution in [0, 0.1) is 5.92 Å². The minimum absolute atomic E-state index is 0.0951. The van der Waals surface area contributed by atoms with Crippen molar-refractivity contribution in [2.45, 2.75) is 57.5 Å². The first kappa shape index (κ1) is 20.5. The molecule has 166 valence electrons. The number of nitrogens with zero attached hydrogens (tertiary/aromatic N) is 3. The SMILES string of the molecule is O=C1CCC(N2Cc3ccc(N4CCN(CC5CCCCC5)CC4)cc3C2=O)C(=O)N1. The molecule has 1 aromatic carbocycles. The van der Waals surface area contributed by atoms with Crippen molar-refractivity contribution in [2.75, 3.05) is 37.6 Å². The fourth-order valence-corrected chi connectivity index (χ4v) is 5.66. The standard InChI is InChI=1S/C24H32N4O3/c29-22-9-8-21(23(30)25-22)28-16-18-6-7-19(14-20(18)24(28)31)27-12-10-26(11-13-27)15-17-4-2-1-3-5-17/h6-7,14,17,21H,1-5,8-13,15-16H2,(H,25,29,30). The maximum atomic E-state index is 13.1. The highest BCUT2D eigenvalue weighted by Crippen LogP contribution is 2.31. The molecule has 0 radical (unpaired) electrons. The summed E-state index contributed by atoms with van der Waals surface area (Å²) >= 11 is 0. The van der Waals surface area contributed by atoms with E-state index in [0.717, 1.165) is 43.3 Å². The monoisotopic (exact) mass is 424 g/mol. The quantitative estimate of drug-likeness (QED) is 0.750. The summed E-state index contributed by atoms with van der Waals surface area (Å²) in [4.78, 5) is 43.4. The van der Waals surface area contributed by atoms with Crippen LogP contribution < -0.4 is 10.2 Å². The topological polar surface area (TPSA) is 73.0 Å². The number of hydrogen-bond donors (Lipinski definition) is 1. The van der Waals surface area contributed by atoms with Gasteiger partial charge in [0.25, 0.3) is 5.91 Å². The molecule has 31 heavy (non-hydrogen) atoms. The number of hydrogen-bond acceptors (Lipinski definition) is 5. The van der Waals surface area contributed by atoms with Crippen LogP contribution in [0.5, 0.6) is 0 Å². The van der Waals surface area contributed by atoms with Crippen LogP contribution in [0.1, 0.15) is 60.9 Å². The summed E-state index contributed by atoms with van der Waals surface area (Å²) in [5.74, 6) is 0.167. The second-order valence-corrected chi connectivity index (χ2v) is 9.53. The van der Waals surface area contributed by atoms with Gasteiger partial charge in [0.15, 0.2) is 0 Å². The van der Waals surface area contributed by atoms with Gasteiger partial charge >= 0.3 is 0 Å². The Morgan fingerprint density at radius 2 is 1.71 bits per heavy atom. The smallest absolute Gasteiger partial charge is 0.255 e. The molecule has 0 bridgehead atoms. The third-order valence-corrected chi connectivity index (χ3v) is 7.49. The summed E-state index contributed by atoms with van der Waals surface area (Å²) in [6.07, 6.45) is 7.65. The van der Waals surface area contributed by atoms with Gasteiger partial charge in [-0.25, -0.2) is 0 Å². The van der Waals surface area contributed by atoms with E-state index in [2.05, 4.69) is 21.2 Å². The van der Waals surface area contributed by atoms with Crippen molar-refractivity contribution in [3.05, 3.63) is 29.3 Å². The Kier molecular flexibility index (Phi) is 5.69. The summed E-state index contributed by atoms with van der Waals surface area (Å²) in [7, 11) is 0. The Balaban J connectivity index is 1.21. The van der Waals surface area contributed by atoms with Gasteiger partial charge in [0, 0.05) is 56.9 Å². The summed E-state index contributed by atoms with van der Waals surface area (Å²) in [6.45, 7) is 5.79. The molecule has 3 amide bonds. The Morgan fingerprint density at radius 1 is 0.935 bits per heavy atom. The van der Waals surface area contributed by atoms with Crippen molar-refractivity contribution in [2.24, 2.45) is 5.92 Å². The molecule has 1 saturated carbocycles. The first-order chi connectivity index (χ1) is 15.1. The van der Waals surface area contributed by atoms with Gasteiger partial charge < -0.3 is 9.80 Å². The van der Waals surface area contributed by atoms with E-state index in [4.69, 9.17) is 0 Å². The number of nitrogens with one attached hydrogen (secondary N) is 1. The minimum atomic E-state index is -0.551. The van der Waals surface area contributed by atoms with E-state index in [0.29, 0.717) is 18.5 Å². The van der Waals surface area contributed by atoms with Crippen molar-refractivity contribution >= 4 is 23.4 Å². The number of fused-ring (bicyclic) bond motifs is 1. The molecule has 2 saturated heterocycles. The van der Waals surface area contributed by atoms with E-state index in [9.17, 15) is 14.4 Å². The molecular weight excluding hydrogens is 392 g/mol. The number of anilines is 1. The maximum Gasteiger partial charge on any atom is 0.255 e. The molecule has 1 unspecified atom stereocenters. The summed E-state index contributed by atoms with van der Waals surface area (Å²) in [6, 6.07) is 5.59. The molecule has 1 N–H and O–H groups in total. The van der Waals surface area contributed by atoms with Crippen LogP contribution in [0.4, 0.5) is 5.69 Å². The molecule has 1 aliphatic carbocycles. The van der Waals surface area contributed by atoms with Crippen LogP contribution in [-0.4, -0.2) is 66.3 Å². The lowest BCUT2D eigenvalue weighted by atomic mass is 9.89. The van der Waals surface area contributed by atoms with Crippen molar-refractivity contribution in [3.8, 4) is 0 Å². The average molecular weight is 425 g/mol. The van der Waals surface area contributed by atoms with Gasteiger partial charge in [-0.15, -0.1) is 0 Å². The number of benzene rings is 1. The Bertz CT molecular complexity index is 872. The number of rotatable bonds is 4. The van der Waals surface area contributed by atoms with E-state index in [1.165, 1.54) is 38.6 Å². The Labute approximate surface area is 183 Å². The average Bonchev–Trinajstić information content (AvgIpc) is 3.11. The van der Waals surface area contributed by atoms with Crippen LogP contribution in [-0.2, 0) is 16.1 Å². The van der Waals surface area contributed by atoms with Gasteiger partial charge in [0.05, 0.1) is 0 Å². The highest BCUT2D eigenvalue weighted by atomic mass is 16.2. The molecule has 7 nitrogen and oxygen atoms in total.